The summed E-state index contributed by atoms with van der Waals surface area (Å²) in [7, 11) is 0. The minimum absolute atomic E-state index is 0.215. The second-order valence-electron chi connectivity index (χ2n) is 7.56. The Morgan fingerprint density at radius 3 is 2.48 bits per heavy atom. The Balaban J connectivity index is 1.64. The molecule has 0 aliphatic carbocycles. The van der Waals surface area contributed by atoms with E-state index < -0.39 is 23.8 Å². The van der Waals surface area contributed by atoms with E-state index >= 15 is 0 Å². The molecular formula is C24H21F2NO4. The van der Waals surface area contributed by atoms with E-state index in [9.17, 15) is 18.4 Å². The molecule has 0 bridgehead atoms. The molecule has 0 amide bonds. The Hall–Kier alpha value is -3.16. The van der Waals surface area contributed by atoms with Crippen molar-refractivity contribution in [1.82, 2.24) is 4.57 Å². The SMILES string of the molecule is O=C(CO)c1ccc(Cn2ccc(C3(c4ccc(F)cc4F)CCCO3)cc2=O)cc1. The zero-order chi connectivity index (χ0) is 22.0. The monoisotopic (exact) mass is 425 g/mol. The van der Waals surface area contributed by atoms with Crippen LogP contribution in [0, 0.1) is 11.6 Å². The summed E-state index contributed by atoms with van der Waals surface area (Å²) in [6.45, 7) is 0.142. The molecule has 1 fully saturated rings. The maximum atomic E-state index is 14.6. The molecule has 7 heteroatoms. The summed E-state index contributed by atoms with van der Waals surface area (Å²) in [5.41, 5.74) is 0.539. The Labute approximate surface area is 177 Å². The molecule has 31 heavy (non-hydrogen) atoms. The van der Waals surface area contributed by atoms with Crippen LogP contribution < -0.4 is 5.56 Å². The van der Waals surface area contributed by atoms with Crippen molar-refractivity contribution in [2.24, 2.45) is 0 Å². The Morgan fingerprint density at radius 1 is 1.10 bits per heavy atom. The molecule has 0 spiro atoms. The van der Waals surface area contributed by atoms with E-state index in [2.05, 4.69) is 0 Å². The lowest BCUT2D eigenvalue weighted by molar-refractivity contribution is 0.0328. The van der Waals surface area contributed by atoms with E-state index in [1.807, 2.05) is 0 Å². The van der Waals surface area contributed by atoms with Crippen molar-refractivity contribution in [3.8, 4) is 0 Å². The van der Waals surface area contributed by atoms with Gasteiger partial charge in [-0.3, -0.25) is 9.59 Å². The molecule has 2 heterocycles. The number of ketones is 1. The van der Waals surface area contributed by atoms with Crippen molar-refractivity contribution < 1.29 is 23.4 Å². The number of benzene rings is 2. The van der Waals surface area contributed by atoms with Crippen LogP contribution in [0.4, 0.5) is 8.78 Å². The van der Waals surface area contributed by atoms with Gasteiger partial charge >= 0.3 is 0 Å². The normalized spacial score (nSPS) is 18.3. The zero-order valence-electron chi connectivity index (χ0n) is 16.7. The van der Waals surface area contributed by atoms with Gasteiger partial charge in [0.25, 0.3) is 5.56 Å². The van der Waals surface area contributed by atoms with Crippen LogP contribution in [-0.2, 0) is 16.9 Å². The number of nitrogens with zero attached hydrogens (tertiary/aromatic N) is 1. The average Bonchev–Trinajstić information content (AvgIpc) is 3.26. The number of aliphatic hydroxyl groups excluding tert-OH is 1. The van der Waals surface area contributed by atoms with Gasteiger partial charge in [-0.15, -0.1) is 0 Å². The highest BCUT2D eigenvalue weighted by Crippen LogP contribution is 2.42. The third-order valence-electron chi connectivity index (χ3n) is 5.62. The summed E-state index contributed by atoms with van der Waals surface area (Å²) < 4.78 is 35.4. The topological polar surface area (TPSA) is 68.5 Å². The number of carbonyl (C=O) groups excluding carboxylic acids is 1. The molecule has 1 aliphatic rings. The van der Waals surface area contributed by atoms with Gasteiger partial charge in [-0.25, -0.2) is 8.78 Å². The summed E-state index contributed by atoms with van der Waals surface area (Å²) in [5, 5.41) is 8.93. The summed E-state index contributed by atoms with van der Waals surface area (Å²) in [4.78, 5) is 24.3. The number of halogens is 2. The number of rotatable bonds is 6. The number of aliphatic hydroxyl groups is 1. The summed E-state index contributed by atoms with van der Waals surface area (Å²) in [6, 6.07) is 13.2. The molecule has 4 rings (SSSR count). The predicted octanol–water partition coefficient (Wildman–Crippen LogP) is 3.40. The van der Waals surface area contributed by atoms with Crippen LogP contribution in [0.3, 0.4) is 0 Å². The number of aromatic nitrogens is 1. The molecule has 2 aromatic carbocycles. The van der Waals surface area contributed by atoms with Gasteiger partial charge in [0.05, 0.1) is 6.54 Å². The highest BCUT2D eigenvalue weighted by Gasteiger charge is 2.41. The maximum absolute atomic E-state index is 14.6. The van der Waals surface area contributed by atoms with E-state index in [4.69, 9.17) is 9.84 Å². The predicted molar refractivity (Wildman–Crippen MR) is 110 cm³/mol. The number of hydrogen-bond acceptors (Lipinski definition) is 4. The number of Topliss-reactive ketones (excluding diaryl/α,β-unsaturated/α-hetero) is 1. The number of pyridine rings is 1. The Bertz CT molecular complexity index is 1160. The van der Waals surface area contributed by atoms with Gasteiger partial charge in [0.1, 0.15) is 23.8 Å². The van der Waals surface area contributed by atoms with Crippen LogP contribution in [0.5, 0.6) is 0 Å². The average molecular weight is 425 g/mol. The van der Waals surface area contributed by atoms with Gasteiger partial charge in [0.2, 0.25) is 0 Å². The first-order valence-corrected chi connectivity index (χ1v) is 9.96. The van der Waals surface area contributed by atoms with Gasteiger partial charge in [0, 0.05) is 36.1 Å². The Kier molecular flexibility index (Phi) is 5.80. The minimum atomic E-state index is -1.12. The van der Waals surface area contributed by atoms with E-state index in [0.29, 0.717) is 30.6 Å². The van der Waals surface area contributed by atoms with Crippen LogP contribution in [0.1, 0.15) is 39.9 Å². The van der Waals surface area contributed by atoms with Crippen molar-refractivity contribution in [1.29, 1.82) is 0 Å². The number of hydrogen-bond donors (Lipinski definition) is 1. The number of carbonyl (C=O) groups is 1. The van der Waals surface area contributed by atoms with Crippen LogP contribution in [0.15, 0.2) is 65.6 Å². The molecule has 0 saturated carbocycles. The van der Waals surface area contributed by atoms with Crippen LogP contribution in [0.25, 0.3) is 0 Å². The quantitative estimate of drug-likeness (QED) is 0.615. The molecule has 1 N–H and O–H groups in total. The van der Waals surface area contributed by atoms with Crippen LogP contribution >= 0.6 is 0 Å². The highest BCUT2D eigenvalue weighted by molar-refractivity contribution is 5.96. The summed E-state index contributed by atoms with van der Waals surface area (Å²) >= 11 is 0. The maximum Gasteiger partial charge on any atom is 0.251 e. The van der Waals surface area contributed by atoms with Crippen LogP contribution in [-0.4, -0.2) is 28.7 Å². The largest absolute Gasteiger partial charge is 0.388 e. The van der Waals surface area contributed by atoms with Gasteiger partial charge in [-0.2, -0.15) is 0 Å². The third kappa shape index (κ3) is 4.06. The van der Waals surface area contributed by atoms with Crippen molar-refractivity contribution in [2.45, 2.75) is 25.0 Å². The molecular weight excluding hydrogens is 404 g/mol. The summed E-state index contributed by atoms with van der Waals surface area (Å²) in [6.07, 6.45) is 2.80. The van der Waals surface area contributed by atoms with Crippen molar-refractivity contribution in [3.63, 3.8) is 0 Å². The fourth-order valence-corrected chi connectivity index (χ4v) is 4.03. The van der Waals surface area contributed by atoms with E-state index in [-0.39, 0.29) is 23.5 Å². The molecule has 1 saturated heterocycles. The molecule has 5 nitrogen and oxygen atoms in total. The van der Waals surface area contributed by atoms with Crippen molar-refractivity contribution in [3.05, 3.63) is 105 Å². The smallest absolute Gasteiger partial charge is 0.251 e. The summed E-state index contributed by atoms with van der Waals surface area (Å²) in [5.74, 6) is -1.75. The lowest BCUT2D eigenvalue weighted by Crippen LogP contribution is -2.31. The van der Waals surface area contributed by atoms with E-state index in [0.717, 1.165) is 11.6 Å². The lowest BCUT2D eigenvalue weighted by atomic mass is 9.84. The second-order valence-corrected chi connectivity index (χ2v) is 7.56. The van der Waals surface area contributed by atoms with Crippen LogP contribution in [0.2, 0.25) is 0 Å². The first-order valence-electron chi connectivity index (χ1n) is 9.96. The second kappa shape index (κ2) is 8.53. The molecule has 1 aromatic heterocycles. The molecule has 1 aliphatic heterocycles. The van der Waals surface area contributed by atoms with E-state index in [1.165, 1.54) is 22.8 Å². The Morgan fingerprint density at radius 2 is 1.87 bits per heavy atom. The third-order valence-corrected chi connectivity index (χ3v) is 5.62. The molecule has 160 valence electrons. The van der Waals surface area contributed by atoms with Gasteiger partial charge < -0.3 is 14.4 Å². The lowest BCUT2D eigenvalue weighted by Gasteiger charge is -2.30. The first-order chi connectivity index (χ1) is 14.9. The highest BCUT2D eigenvalue weighted by atomic mass is 19.1. The minimum Gasteiger partial charge on any atom is -0.388 e. The van der Waals surface area contributed by atoms with Gasteiger partial charge in [-0.05, 0) is 42.2 Å². The fourth-order valence-electron chi connectivity index (χ4n) is 4.03. The number of ether oxygens (including phenoxy) is 1. The van der Waals surface area contributed by atoms with Crippen molar-refractivity contribution >= 4 is 5.78 Å². The van der Waals surface area contributed by atoms with Crippen molar-refractivity contribution in [2.75, 3.05) is 13.2 Å². The first kappa shape index (κ1) is 21.1. The van der Waals surface area contributed by atoms with Gasteiger partial charge in [0.15, 0.2) is 5.78 Å². The standard InChI is InChI=1S/C24H21F2NO4/c25-19-6-7-20(21(26)13-19)24(9-1-11-31-24)18-8-10-27(23(30)12-18)14-16-2-4-17(5-3-16)22(29)15-28/h2-8,10,12-13,28H,1,9,11,14-15H2. The molecule has 3 aromatic rings. The molecule has 0 radical (unpaired) electrons. The van der Waals surface area contributed by atoms with Gasteiger partial charge in [-0.1, -0.05) is 24.3 Å². The molecule has 1 atom stereocenters. The molecule has 1 unspecified atom stereocenters. The zero-order valence-corrected chi connectivity index (χ0v) is 16.7. The fraction of sp³-hybridized carbons (Fsp3) is 0.250. The van der Waals surface area contributed by atoms with E-state index in [1.54, 1.807) is 36.5 Å².